The molecule has 0 unspecified atom stereocenters. The molecule has 0 saturated carbocycles. The van der Waals surface area contributed by atoms with Gasteiger partial charge in [0.25, 0.3) is 5.56 Å². The number of ether oxygens (including phenoxy) is 3. The third-order valence-electron chi connectivity index (χ3n) is 4.16. The predicted octanol–water partition coefficient (Wildman–Crippen LogP) is 2.14. The summed E-state index contributed by atoms with van der Waals surface area (Å²) < 4.78 is 17.5. The highest BCUT2D eigenvalue weighted by Crippen LogP contribution is 2.34. The second kappa shape index (κ2) is 5.95. The molecule has 0 amide bonds. The van der Waals surface area contributed by atoms with Crippen molar-refractivity contribution in [3.05, 3.63) is 33.7 Å². The van der Waals surface area contributed by atoms with Gasteiger partial charge in [-0.1, -0.05) is 0 Å². The maximum atomic E-state index is 12.7. The fraction of sp³-hybridized carbons (Fsp3) is 0.412. The number of hydrogen-bond acceptors (Lipinski definition) is 5. The van der Waals surface area contributed by atoms with Crippen LogP contribution in [0.1, 0.15) is 29.4 Å². The van der Waals surface area contributed by atoms with Crippen LogP contribution in [-0.4, -0.2) is 31.4 Å². The fourth-order valence-electron chi connectivity index (χ4n) is 3.15. The summed E-state index contributed by atoms with van der Waals surface area (Å²) in [5.74, 6) is 0.536. The Morgan fingerprint density at radius 3 is 2.43 bits per heavy atom. The molecule has 0 aliphatic carbocycles. The highest BCUT2D eigenvalue weighted by Gasteiger charge is 2.26. The van der Waals surface area contributed by atoms with E-state index in [4.69, 9.17) is 14.2 Å². The molecule has 122 valence electrons. The minimum Gasteiger partial charge on any atom is -0.493 e. The average Bonchev–Trinajstić information content (AvgIpc) is 3.03. The zero-order valence-electron chi connectivity index (χ0n) is 13.5. The van der Waals surface area contributed by atoms with E-state index in [2.05, 4.69) is 0 Å². The molecule has 1 aliphatic heterocycles. The third-order valence-corrected chi connectivity index (χ3v) is 4.16. The lowest BCUT2D eigenvalue weighted by Gasteiger charge is -2.15. The molecule has 0 radical (unpaired) electrons. The Morgan fingerprint density at radius 2 is 1.83 bits per heavy atom. The molecule has 2 heterocycles. The first-order chi connectivity index (χ1) is 11.1. The maximum Gasteiger partial charge on any atom is 0.340 e. The van der Waals surface area contributed by atoms with Crippen LogP contribution in [0.3, 0.4) is 0 Å². The van der Waals surface area contributed by atoms with E-state index in [1.807, 2.05) is 0 Å². The number of aromatic nitrogens is 1. The maximum absolute atomic E-state index is 12.7. The van der Waals surface area contributed by atoms with Crippen LogP contribution in [0.25, 0.3) is 10.8 Å². The van der Waals surface area contributed by atoms with E-state index in [-0.39, 0.29) is 12.2 Å². The number of hydrogen-bond donors (Lipinski definition) is 0. The molecule has 6 nitrogen and oxygen atoms in total. The Bertz CT molecular complexity index is 837. The standard InChI is InChI=1S/C17H19NO5/c1-4-23-17(20)15-10-8-13(21-2)14(22-3)9-11(10)16(19)18-7-5-6-12(15)18/h8-9H,4-7H2,1-3H3. The Kier molecular flexibility index (Phi) is 3.98. The number of nitrogens with zero attached hydrogens (tertiary/aromatic N) is 1. The zero-order valence-corrected chi connectivity index (χ0v) is 13.5. The summed E-state index contributed by atoms with van der Waals surface area (Å²) in [5, 5.41) is 0.996. The first kappa shape index (κ1) is 15.4. The number of rotatable bonds is 4. The van der Waals surface area contributed by atoms with Crippen LogP contribution < -0.4 is 15.0 Å². The molecule has 2 aromatic rings. The summed E-state index contributed by atoms with van der Waals surface area (Å²) in [5.41, 5.74) is 1.09. The quantitative estimate of drug-likeness (QED) is 0.808. The van der Waals surface area contributed by atoms with Gasteiger partial charge in [-0.25, -0.2) is 4.79 Å². The highest BCUT2D eigenvalue weighted by molar-refractivity contribution is 6.06. The van der Waals surface area contributed by atoms with E-state index >= 15 is 0 Å². The van der Waals surface area contributed by atoms with Crippen molar-refractivity contribution >= 4 is 16.7 Å². The van der Waals surface area contributed by atoms with Crippen molar-refractivity contribution in [2.75, 3.05) is 20.8 Å². The first-order valence-corrected chi connectivity index (χ1v) is 7.60. The lowest BCUT2D eigenvalue weighted by molar-refractivity contribution is 0.0526. The summed E-state index contributed by atoms with van der Waals surface area (Å²) in [6.45, 7) is 2.66. The normalized spacial score (nSPS) is 13.0. The minimum absolute atomic E-state index is 0.110. The highest BCUT2D eigenvalue weighted by atomic mass is 16.5. The number of esters is 1. The van der Waals surface area contributed by atoms with Crippen LogP contribution in [-0.2, 0) is 17.7 Å². The number of pyridine rings is 1. The molecule has 3 rings (SSSR count). The summed E-state index contributed by atoms with van der Waals surface area (Å²) in [6.07, 6.45) is 1.53. The average molecular weight is 317 g/mol. The molecular weight excluding hydrogens is 298 g/mol. The second-order valence-corrected chi connectivity index (χ2v) is 5.36. The second-order valence-electron chi connectivity index (χ2n) is 5.36. The Labute approximate surface area is 133 Å². The van der Waals surface area contributed by atoms with Gasteiger partial charge in [-0.05, 0) is 31.9 Å². The van der Waals surface area contributed by atoms with Gasteiger partial charge in [-0.15, -0.1) is 0 Å². The summed E-state index contributed by atoms with van der Waals surface area (Å²) in [7, 11) is 3.04. The van der Waals surface area contributed by atoms with Crippen molar-refractivity contribution in [2.24, 2.45) is 0 Å². The van der Waals surface area contributed by atoms with Crippen molar-refractivity contribution in [1.29, 1.82) is 0 Å². The first-order valence-electron chi connectivity index (χ1n) is 7.60. The van der Waals surface area contributed by atoms with E-state index in [0.29, 0.717) is 40.8 Å². The Hall–Kier alpha value is -2.50. The monoisotopic (exact) mass is 317 g/mol. The number of fused-ring (bicyclic) bond motifs is 2. The molecule has 0 N–H and O–H groups in total. The zero-order chi connectivity index (χ0) is 16.6. The van der Waals surface area contributed by atoms with Crippen LogP contribution in [0.15, 0.2) is 16.9 Å². The predicted molar refractivity (Wildman–Crippen MR) is 85.6 cm³/mol. The van der Waals surface area contributed by atoms with E-state index in [1.54, 1.807) is 23.6 Å². The molecule has 0 spiro atoms. The van der Waals surface area contributed by atoms with Crippen molar-refractivity contribution in [3.8, 4) is 11.5 Å². The van der Waals surface area contributed by atoms with E-state index < -0.39 is 5.97 Å². The van der Waals surface area contributed by atoms with Crippen LogP contribution in [0.2, 0.25) is 0 Å². The SMILES string of the molecule is CCOC(=O)c1c2n(c(=O)c3cc(OC)c(OC)cc13)CCC2. The van der Waals surface area contributed by atoms with Gasteiger partial charge < -0.3 is 18.8 Å². The van der Waals surface area contributed by atoms with Gasteiger partial charge >= 0.3 is 5.97 Å². The van der Waals surface area contributed by atoms with Crippen molar-refractivity contribution < 1.29 is 19.0 Å². The number of carbonyl (C=O) groups excluding carboxylic acids is 1. The molecule has 0 bridgehead atoms. The van der Waals surface area contributed by atoms with E-state index in [0.717, 1.165) is 12.1 Å². The molecule has 1 aromatic heterocycles. The number of benzene rings is 1. The summed E-state index contributed by atoms with van der Waals surface area (Å²) in [4.78, 5) is 25.2. The Balaban J connectivity index is 2.41. The molecule has 0 fully saturated rings. The molecule has 6 heteroatoms. The van der Waals surface area contributed by atoms with Crippen LogP contribution >= 0.6 is 0 Å². The van der Waals surface area contributed by atoms with E-state index in [9.17, 15) is 9.59 Å². The van der Waals surface area contributed by atoms with Crippen molar-refractivity contribution in [2.45, 2.75) is 26.3 Å². The number of carbonyl (C=O) groups is 1. The van der Waals surface area contributed by atoms with Gasteiger partial charge in [0.05, 0.1) is 31.8 Å². The van der Waals surface area contributed by atoms with Crippen molar-refractivity contribution in [1.82, 2.24) is 4.57 Å². The smallest absolute Gasteiger partial charge is 0.340 e. The van der Waals surface area contributed by atoms with Crippen molar-refractivity contribution in [3.63, 3.8) is 0 Å². The number of methoxy groups -OCH3 is 2. The lowest BCUT2D eigenvalue weighted by Crippen LogP contribution is -2.23. The van der Waals surface area contributed by atoms with Gasteiger partial charge in [0.15, 0.2) is 11.5 Å². The molecule has 23 heavy (non-hydrogen) atoms. The summed E-state index contributed by atoms with van der Waals surface area (Å²) >= 11 is 0. The molecule has 1 aromatic carbocycles. The van der Waals surface area contributed by atoms with Gasteiger partial charge in [0, 0.05) is 17.6 Å². The third kappa shape index (κ3) is 2.34. The largest absolute Gasteiger partial charge is 0.493 e. The van der Waals surface area contributed by atoms with Gasteiger partial charge in [-0.2, -0.15) is 0 Å². The van der Waals surface area contributed by atoms with Crippen LogP contribution in [0.5, 0.6) is 11.5 Å². The molecular formula is C17H19NO5. The van der Waals surface area contributed by atoms with Crippen LogP contribution in [0, 0.1) is 0 Å². The molecule has 0 saturated heterocycles. The van der Waals surface area contributed by atoms with Gasteiger partial charge in [-0.3, -0.25) is 4.79 Å². The molecule has 0 atom stereocenters. The summed E-state index contributed by atoms with van der Waals surface area (Å²) in [6, 6.07) is 3.31. The van der Waals surface area contributed by atoms with E-state index in [1.165, 1.54) is 14.2 Å². The van der Waals surface area contributed by atoms with Gasteiger partial charge in [0.2, 0.25) is 0 Å². The lowest BCUT2D eigenvalue weighted by atomic mass is 10.0. The van der Waals surface area contributed by atoms with Gasteiger partial charge in [0.1, 0.15) is 0 Å². The Morgan fingerprint density at radius 1 is 1.17 bits per heavy atom. The molecule has 1 aliphatic rings. The minimum atomic E-state index is -0.407. The van der Waals surface area contributed by atoms with Crippen LogP contribution in [0.4, 0.5) is 0 Å². The topological polar surface area (TPSA) is 66.8 Å². The fourth-order valence-corrected chi connectivity index (χ4v) is 3.15.